The topological polar surface area (TPSA) is 98.2 Å². The number of hydrogen-bond donors (Lipinski definition) is 3. The maximum atomic E-state index is 8.98. The highest BCUT2D eigenvalue weighted by Crippen LogP contribution is 2.18. The molecule has 0 bridgehead atoms. The van der Waals surface area contributed by atoms with Gasteiger partial charge in [0.25, 0.3) is 0 Å². The zero-order valence-electron chi connectivity index (χ0n) is 8.17. The van der Waals surface area contributed by atoms with Crippen molar-refractivity contribution >= 4 is 17.0 Å². The molecule has 15 heavy (non-hydrogen) atoms. The fourth-order valence-corrected chi connectivity index (χ4v) is 1.34. The van der Waals surface area contributed by atoms with E-state index in [1.165, 1.54) is 6.33 Å². The molecule has 0 saturated heterocycles. The monoisotopic (exact) mass is 209 g/mol. The van der Waals surface area contributed by atoms with E-state index in [4.69, 9.17) is 10.4 Å². The van der Waals surface area contributed by atoms with Crippen molar-refractivity contribution in [2.45, 2.75) is 19.8 Å². The van der Waals surface area contributed by atoms with Crippen LogP contribution in [0.3, 0.4) is 0 Å². The molecule has 2 aromatic rings. The Morgan fingerprint density at radius 2 is 2.20 bits per heavy atom. The van der Waals surface area contributed by atoms with Crippen LogP contribution in [0.4, 0.5) is 5.82 Å². The third-order valence-corrected chi connectivity index (χ3v) is 1.98. The van der Waals surface area contributed by atoms with E-state index in [-0.39, 0.29) is 11.0 Å². The summed E-state index contributed by atoms with van der Waals surface area (Å²) in [7, 11) is 0. The van der Waals surface area contributed by atoms with Gasteiger partial charge in [0.15, 0.2) is 5.65 Å². The lowest BCUT2D eigenvalue weighted by Gasteiger charge is -2.08. The number of hydrogen-bond acceptors (Lipinski definition) is 6. The molecule has 0 aliphatic rings. The molecule has 0 aliphatic heterocycles. The number of nitrogens with one attached hydrogen (secondary N) is 1. The van der Waals surface area contributed by atoms with Gasteiger partial charge >= 0.3 is 0 Å². The number of H-pyrrole nitrogens is 1. The van der Waals surface area contributed by atoms with Crippen LogP contribution in [0.2, 0.25) is 0 Å². The normalized spacial score (nSPS) is 10.9. The molecular formula is C8H11N5O2. The number of anilines is 1. The molecule has 2 heterocycles. The van der Waals surface area contributed by atoms with Gasteiger partial charge < -0.3 is 4.98 Å². The summed E-state index contributed by atoms with van der Waals surface area (Å²) in [6, 6.07) is 0. The predicted octanol–water partition coefficient (Wildman–Crippen LogP) is 0.890. The number of fused-ring (bicyclic) bond motifs is 1. The highest BCUT2D eigenvalue weighted by Gasteiger charge is 2.13. The van der Waals surface area contributed by atoms with Crippen molar-refractivity contribution in [1.82, 2.24) is 19.9 Å². The Morgan fingerprint density at radius 1 is 1.40 bits per heavy atom. The molecule has 0 unspecified atom stereocenters. The van der Waals surface area contributed by atoms with Gasteiger partial charge in [-0.15, -0.1) is 5.23 Å². The fourth-order valence-electron chi connectivity index (χ4n) is 1.34. The highest BCUT2D eigenvalue weighted by atomic mass is 16.8. The molecule has 7 nitrogen and oxygen atoms in total. The first-order valence-corrected chi connectivity index (χ1v) is 4.60. The molecule has 2 rings (SSSR count). The molecule has 0 amide bonds. The van der Waals surface area contributed by atoms with Gasteiger partial charge in [-0.05, 0) is 6.42 Å². The highest BCUT2D eigenvalue weighted by molar-refractivity contribution is 5.81. The minimum absolute atomic E-state index is 0.0148. The van der Waals surface area contributed by atoms with E-state index in [1.807, 2.05) is 6.92 Å². The first-order chi connectivity index (χ1) is 7.22. The Morgan fingerprint density at radius 3 is 2.87 bits per heavy atom. The van der Waals surface area contributed by atoms with E-state index in [9.17, 15) is 0 Å². The van der Waals surface area contributed by atoms with Crippen molar-refractivity contribution in [3.05, 3.63) is 12.2 Å². The van der Waals surface area contributed by atoms with Gasteiger partial charge in [-0.25, -0.2) is 15.0 Å². The van der Waals surface area contributed by atoms with E-state index in [0.717, 1.165) is 6.42 Å². The molecule has 0 atom stereocenters. The zero-order chi connectivity index (χ0) is 10.8. The summed E-state index contributed by atoms with van der Waals surface area (Å²) < 4.78 is 0. The van der Waals surface area contributed by atoms with Gasteiger partial charge in [-0.2, -0.15) is 0 Å². The van der Waals surface area contributed by atoms with Crippen LogP contribution >= 0.6 is 0 Å². The predicted molar refractivity (Wildman–Crippen MR) is 51.7 cm³/mol. The van der Waals surface area contributed by atoms with E-state index in [2.05, 4.69) is 19.9 Å². The lowest BCUT2D eigenvalue weighted by atomic mass is 10.3. The standard InChI is InChI=1S/C8H11N5O2/c1-2-3-5-11-7-6(9-4-10-7)8(12-5)13(14)15/h4,14-15H,2-3H2,1H3,(H,9,10,11,12). The first-order valence-electron chi connectivity index (χ1n) is 4.60. The SMILES string of the molecule is CCCc1nc(N(O)O)c2[nH]cnc2n1. The second-order valence-electron chi connectivity index (χ2n) is 3.10. The summed E-state index contributed by atoms with van der Waals surface area (Å²) >= 11 is 0. The van der Waals surface area contributed by atoms with E-state index < -0.39 is 0 Å². The van der Waals surface area contributed by atoms with Crippen molar-refractivity contribution < 1.29 is 10.4 Å². The number of nitrogens with zero attached hydrogens (tertiary/aromatic N) is 4. The van der Waals surface area contributed by atoms with Gasteiger partial charge in [0.2, 0.25) is 5.82 Å². The van der Waals surface area contributed by atoms with Gasteiger partial charge in [0, 0.05) is 6.42 Å². The third kappa shape index (κ3) is 1.74. The van der Waals surface area contributed by atoms with Crippen LogP contribution in [0.1, 0.15) is 19.2 Å². The largest absolute Gasteiger partial charge is 0.340 e. The third-order valence-electron chi connectivity index (χ3n) is 1.98. The summed E-state index contributed by atoms with van der Waals surface area (Å²) in [6.45, 7) is 1.99. The van der Waals surface area contributed by atoms with E-state index >= 15 is 0 Å². The molecule has 0 radical (unpaired) electrons. The zero-order valence-corrected chi connectivity index (χ0v) is 8.17. The van der Waals surface area contributed by atoms with Crippen LogP contribution in [0, 0.1) is 0 Å². The van der Waals surface area contributed by atoms with Crippen molar-refractivity contribution in [1.29, 1.82) is 0 Å². The Kier molecular flexibility index (Phi) is 2.48. The van der Waals surface area contributed by atoms with Gasteiger partial charge in [0.05, 0.1) is 6.33 Å². The first kappa shape index (κ1) is 9.81. The Labute approximate surface area is 85.3 Å². The lowest BCUT2D eigenvalue weighted by Crippen LogP contribution is -2.15. The molecule has 0 aliphatic carbocycles. The minimum atomic E-state index is -0.0264. The van der Waals surface area contributed by atoms with Gasteiger partial charge in [-0.3, -0.25) is 10.4 Å². The Hall–Kier alpha value is -1.73. The Bertz CT molecular complexity index is 467. The van der Waals surface area contributed by atoms with Crippen LogP contribution < -0.4 is 5.23 Å². The number of aromatic amines is 1. The second kappa shape index (κ2) is 3.79. The van der Waals surface area contributed by atoms with E-state index in [0.29, 0.717) is 23.4 Å². The molecule has 0 saturated carbocycles. The Balaban J connectivity index is 2.58. The van der Waals surface area contributed by atoms with Gasteiger partial charge in [-0.1, -0.05) is 6.92 Å². The molecule has 0 spiro atoms. The van der Waals surface area contributed by atoms with Crippen LogP contribution in [0.25, 0.3) is 11.2 Å². The summed E-state index contributed by atoms with van der Waals surface area (Å²) in [5, 5.41) is 17.9. The average Bonchev–Trinajstić information content (AvgIpc) is 2.64. The summed E-state index contributed by atoms with van der Waals surface area (Å²) in [5.41, 5.74) is 0.830. The molecule has 0 aromatic carbocycles. The van der Waals surface area contributed by atoms with Crippen molar-refractivity contribution in [2.75, 3.05) is 5.23 Å². The average molecular weight is 209 g/mol. The molecule has 7 heteroatoms. The molecule has 0 fully saturated rings. The summed E-state index contributed by atoms with van der Waals surface area (Å²) in [4.78, 5) is 14.9. The maximum absolute atomic E-state index is 8.98. The number of aryl methyl sites for hydroxylation is 1. The van der Waals surface area contributed by atoms with Crippen LogP contribution in [0.5, 0.6) is 0 Å². The van der Waals surface area contributed by atoms with Crippen LogP contribution in [-0.4, -0.2) is 30.4 Å². The lowest BCUT2D eigenvalue weighted by molar-refractivity contribution is 0.0274. The van der Waals surface area contributed by atoms with Gasteiger partial charge in [0.1, 0.15) is 11.3 Å². The van der Waals surface area contributed by atoms with Crippen LogP contribution in [0.15, 0.2) is 6.33 Å². The number of rotatable bonds is 3. The van der Waals surface area contributed by atoms with Crippen molar-refractivity contribution in [2.24, 2.45) is 0 Å². The molecular weight excluding hydrogens is 198 g/mol. The second-order valence-corrected chi connectivity index (χ2v) is 3.10. The maximum Gasteiger partial charge on any atom is 0.212 e. The quantitative estimate of drug-likeness (QED) is 0.649. The minimum Gasteiger partial charge on any atom is -0.340 e. The number of aromatic nitrogens is 4. The molecule has 80 valence electrons. The summed E-state index contributed by atoms with van der Waals surface area (Å²) in [5.74, 6) is 0.557. The fraction of sp³-hybridized carbons (Fsp3) is 0.375. The van der Waals surface area contributed by atoms with Crippen molar-refractivity contribution in [3.63, 3.8) is 0 Å². The van der Waals surface area contributed by atoms with Crippen LogP contribution in [-0.2, 0) is 6.42 Å². The summed E-state index contributed by atoms with van der Waals surface area (Å²) in [6.07, 6.45) is 2.98. The smallest absolute Gasteiger partial charge is 0.212 e. The molecule has 3 N–H and O–H groups in total. The number of imidazole rings is 1. The molecule has 2 aromatic heterocycles. The van der Waals surface area contributed by atoms with Crippen molar-refractivity contribution in [3.8, 4) is 0 Å². The van der Waals surface area contributed by atoms with E-state index in [1.54, 1.807) is 0 Å².